The molecule has 4 rings (SSSR count). The van der Waals surface area contributed by atoms with Gasteiger partial charge in [-0.15, -0.1) is 11.3 Å². The monoisotopic (exact) mass is 545 g/mol. The van der Waals surface area contributed by atoms with Crippen molar-refractivity contribution in [1.82, 2.24) is 14.8 Å². The maximum atomic E-state index is 13.3. The van der Waals surface area contributed by atoms with Crippen molar-refractivity contribution in [2.75, 3.05) is 26.8 Å². The number of carbonyl (C=O) groups is 1. The summed E-state index contributed by atoms with van der Waals surface area (Å²) >= 11 is 7.33. The lowest BCUT2D eigenvalue weighted by Crippen LogP contribution is -2.29. The van der Waals surface area contributed by atoms with Crippen molar-refractivity contribution in [2.24, 2.45) is 0 Å². The number of hydrogen-bond donors (Lipinski definition) is 3. The summed E-state index contributed by atoms with van der Waals surface area (Å²) < 4.78 is 12.5. The quantitative estimate of drug-likeness (QED) is 0.234. The summed E-state index contributed by atoms with van der Waals surface area (Å²) in [7, 11) is 1.86. The molecule has 1 atom stereocenters. The Labute approximate surface area is 222 Å². The molecule has 0 spiro atoms. The van der Waals surface area contributed by atoms with Crippen LogP contribution in [0.2, 0.25) is 5.02 Å². The average molecular weight is 546 g/mol. The molecular weight excluding hydrogens is 518 g/mol. The second kappa shape index (κ2) is 12.5. The first kappa shape index (κ1) is 27.1. The fourth-order valence-corrected chi connectivity index (χ4v) is 5.19. The zero-order valence-corrected chi connectivity index (χ0v) is 21.8. The fraction of sp³-hybridized carbons (Fsp3) is 0.308. The molecule has 4 aromatic rings. The summed E-state index contributed by atoms with van der Waals surface area (Å²) in [6.45, 7) is 1.11. The molecule has 0 fully saturated rings. The van der Waals surface area contributed by atoms with E-state index in [0.717, 1.165) is 10.4 Å². The summed E-state index contributed by atoms with van der Waals surface area (Å²) in [6, 6.07) is 12.3. The summed E-state index contributed by atoms with van der Waals surface area (Å²) in [4.78, 5) is 29.8. The van der Waals surface area contributed by atoms with Crippen LogP contribution in [0.5, 0.6) is 0 Å². The van der Waals surface area contributed by atoms with Crippen LogP contribution in [0.3, 0.4) is 0 Å². The molecule has 9 nitrogen and oxygen atoms in total. The molecule has 0 aliphatic carbocycles. The Morgan fingerprint density at radius 3 is 2.78 bits per heavy atom. The maximum absolute atomic E-state index is 13.3. The molecule has 3 aromatic heterocycles. The van der Waals surface area contributed by atoms with Crippen LogP contribution in [-0.4, -0.2) is 52.4 Å². The van der Waals surface area contributed by atoms with Crippen molar-refractivity contribution in [3.8, 4) is 0 Å². The third kappa shape index (κ3) is 6.86. The number of furan rings is 1. The number of amides is 1. The van der Waals surface area contributed by atoms with E-state index in [-0.39, 0.29) is 37.5 Å². The van der Waals surface area contributed by atoms with Gasteiger partial charge in [-0.25, -0.2) is 0 Å². The number of fused-ring (bicyclic) bond motifs is 1. The van der Waals surface area contributed by atoms with E-state index in [1.54, 1.807) is 47.0 Å². The summed E-state index contributed by atoms with van der Waals surface area (Å²) in [5.74, 6) is -0.0117. The standard InChI is InChI=1S/C26H28ClN3O6S/c1-29(15-22(32)23-3-2-9-36-23)13-19-11-20-24(33)21(14-30(26(20)37-19)16-35-10-8-31)25(34)28-12-17-4-6-18(27)7-5-17/h2-7,9,11,14,22,31-32H,8,10,12-13,15-16H2,1H3,(H,28,34)/t22-/m1/s1. The number of halogens is 1. The van der Waals surface area contributed by atoms with E-state index in [9.17, 15) is 14.7 Å². The maximum Gasteiger partial charge on any atom is 0.257 e. The smallest absolute Gasteiger partial charge is 0.257 e. The van der Waals surface area contributed by atoms with E-state index >= 15 is 0 Å². The van der Waals surface area contributed by atoms with Gasteiger partial charge in [0.25, 0.3) is 5.91 Å². The second-order valence-corrected chi connectivity index (χ2v) is 10.1. The summed E-state index contributed by atoms with van der Waals surface area (Å²) in [5.41, 5.74) is 0.478. The number of thiophene rings is 1. The van der Waals surface area contributed by atoms with Gasteiger partial charge in [0.05, 0.1) is 24.9 Å². The van der Waals surface area contributed by atoms with Gasteiger partial charge in [-0.3, -0.25) is 14.5 Å². The minimum Gasteiger partial charge on any atom is -0.467 e. The molecule has 1 aromatic carbocycles. The topological polar surface area (TPSA) is 117 Å². The third-order valence-corrected chi connectivity index (χ3v) is 7.07. The molecule has 0 bridgehead atoms. The number of ether oxygens (including phenoxy) is 1. The van der Waals surface area contributed by atoms with Gasteiger partial charge >= 0.3 is 0 Å². The first-order chi connectivity index (χ1) is 17.9. The molecule has 1 amide bonds. The van der Waals surface area contributed by atoms with E-state index in [1.165, 1.54) is 23.8 Å². The number of hydrogen-bond acceptors (Lipinski definition) is 8. The molecule has 196 valence electrons. The van der Waals surface area contributed by atoms with Crippen molar-refractivity contribution in [3.63, 3.8) is 0 Å². The molecule has 0 saturated carbocycles. The Hall–Kier alpha value is -2.99. The highest BCUT2D eigenvalue weighted by atomic mass is 35.5. The van der Waals surface area contributed by atoms with Crippen LogP contribution in [-0.2, 0) is 24.6 Å². The number of nitrogens with zero attached hydrogens (tertiary/aromatic N) is 2. The molecule has 0 aliphatic heterocycles. The largest absolute Gasteiger partial charge is 0.467 e. The highest BCUT2D eigenvalue weighted by molar-refractivity contribution is 7.18. The fourth-order valence-electron chi connectivity index (χ4n) is 3.87. The number of aliphatic hydroxyl groups excluding tert-OH is 2. The van der Waals surface area contributed by atoms with Gasteiger partial charge in [0.15, 0.2) is 0 Å². The van der Waals surface area contributed by atoms with Crippen LogP contribution in [0.4, 0.5) is 0 Å². The highest BCUT2D eigenvalue weighted by Crippen LogP contribution is 2.26. The van der Waals surface area contributed by atoms with Crippen molar-refractivity contribution in [2.45, 2.75) is 25.9 Å². The number of rotatable bonds is 12. The van der Waals surface area contributed by atoms with Gasteiger partial charge in [-0.05, 0) is 42.9 Å². The van der Waals surface area contributed by atoms with E-state index < -0.39 is 12.0 Å². The van der Waals surface area contributed by atoms with Crippen molar-refractivity contribution in [1.29, 1.82) is 0 Å². The SMILES string of the molecule is CN(Cc1cc2c(=O)c(C(=O)NCc3ccc(Cl)cc3)cn(COCCO)c2s1)C[C@@H](O)c1ccco1. The number of benzene rings is 1. The second-order valence-electron chi connectivity index (χ2n) is 8.57. The van der Waals surface area contributed by atoms with E-state index in [1.807, 2.05) is 11.9 Å². The van der Waals surface area contributed by atoms with Gasteiger partial charge in [0, 0.05) is 35.7 Å². The van der Waals surface area contributed by atoms with E-state index in [2.05, 4.69) is 5.32 Å². The molecule has 3 heterocycles. The lowest BCUT2D eigenvalue weighted by atomic mass is 10.2. The number of nitrogens with one attached hydrogen (secondary N) is 1. The molecule has 3 N–H and O–H groups in total. The molecule has 0 saturated heterocycles. The van der Waals surface area contributed by atoms with Crippen LogP contribution < -0.4 is 10.7 Å². The average Bonchev–Trinajstić information content (AvgIpc) is 3.56. The predicted molar refractivity (Wildman–Crippen MR) is 142 cm³/mol. The Balaban J connectivity index is 1.56. The van der Waals surface area contributed by atoms with Gasteiger partial charge in [-0.2, -0.15) is 0 Å². The Morgan fingerprint density at radius 2 is 2.08 bits per heavy atom. The third-order valence-electron chi connectivity index (χ3n) is 5.66. The zero-order valence-electron chi connectivity index (χ0n) is 20.2. The Morgan fingerprint density at radius 1 is 1.30 bits per heavy atom. The minimum absolute atomic E-state index is 0.00000756. The van der Waals surface area contributed by atoms with Gasteiger partial charge in [-0.1, -0.05) is 23.7 Å². The van der Waals surface area contributed by atoms with Crippen LogP contribution in [0.1, 0.15) is 32.7 Å². The zero-order chi connectivity index (χ0) is 26.4. The summed E-state index contributed by atoms with van der Waals surface area (Å²) in [6.07, 6.45) is 2.22. The van der Waals surface area contributed by atoms with Crippen molar-refractivity contribution >= 4 is 39.1 Å². The minimum atomic E-state index is -0.780. The predicted octanol–water partition coefficient (Wildman–Crippen LogP) is 3.37. The summed E-state index contributed by atoms with van der Waals surface area (Å²) in [5, 5.41) is 23.3. The number of aromatic nitrogens is 1. The highest BCUT2D eigenvalue weighted by Gasteiger charge is 2.19. The number of aliphatic hydroxyl groups is 2. The van der Waals surface area contributed by atoms with Crippen molar-refractivity contribution in [3.05, 3.63) is 91.9 Å². The Bertz CT molecular complexity index is 1380. The van der Waals surface area contributed by atoms with E-state index in [0.29, 0.717) is 34.1 Å². The van der Waals surface area contributed by atoms with E-state index in [4.69, 9.17) is 25.9 Å². The molecule has 11 heteroatoms. The lowest BCUT2D eigenvalue weighted by Gasteiger charge is -2.18. The number of pyridine rings is 1. The molecule has 0 aliphatic rings. The number of carbonyl (C=O) groups excluding carboxylic acids is 1. The van der Waals surface area contributed by atoms with Gasteiger partial charge < -0.3 is 29.3 Å². The molecule has 0 radical (unpaired) electrons. The molecule has 37 heavy (non-hydrogen) atoms. The number of likely N-dealkylation sites (N-methyl/N-ethyl adjacent to an activating group) is 1. The normalized spacial score (nSPS) is 12.4. The van der Waals surface area contributed by atoms with Gasteiger partial charge in [0.1, 0.15) is 29.0 Å². The first-order valence-corrected chi connectivity index (χ1v) is 12.8. The lowest BCUT2D eigenvalue weighted by molar-refractivity contribution is 0.0502. The van der Waals surface area contributed by atoms with Crippen LogP contribution in [0, 0.1) is 0 Å². The molecular formula is C26H28ClN3O6S. The Kier molecular flexibility index (Phi) is 9.14. The van der Waals surface area contributed by atoms with Crippen LogP contribution in [0.25, 0.3) is 10.2 Å². The van der Waals surface area contributed by atoms with Crippen LogP contribution in [0.15, 0.2) is 64.1 Å². The first-order valence-electron chi connectivity index (χ1n) is 11.6. The molecule has 0 unspecified atom stereocenters. The van der Waals surface area contributed by atoms with Crippen molar-refractivity contribution < 1.29 is 24.2 Å². The van der Waals surface area contributed by atoms with Gasteiger partial charge in [0.2, 0.25) is 5.43 Å². The van der Waals surface area contributed by atoms with Crippen LogP contribution >= 0.6 is 22.9 Å².